The van der Waals surface area contributed by atoms with Crippen molar-refractivity contribution in [3.8, 4) is 0 Å². The predicted molar refractivity (Wildman–Crippen MR) is 71.1 cm³/mol. The van der Waals surface area contributed by atoms with Crippen LogP contribution < -0.4 is 4.90 Å². The summed E-state index contributed by atoms with van der Waals surface area (Å²) < 4.78 is 5.19. The highest BCUT2D eigenvalue weighted by Crippen LogP contribution is 2.23. The molecule has 0 amide bonds. The van der Waals surface area contributed by atoms with E-state index in [4.69, 9.17) is 4.74 Å². The van der Waals surface area contributed by atoms with E-state index in [0.717, 1.165) is 31.8 Å². The monoisotopic (exact) mass is 248 g/mol. The first-order valence-corrected chi connectivity index (χ1v) is 6.47. The molecule has 0 bridgehead atoms. The van der Waals surface area contributed by atoms with E-state index >= 15 is 0 Å². The number of carbonyl (C=O) groups is 1. The second-order valence-corrected chi connectivity index (χ2v) is 4.73. The Morgan fingerprint density at radius 1 is 1.56 bits per heavy atom. The maximum atomic E-state index is 11.5. The molecule has 0 radical (unpaired) electrons. The van der Waals surface area contributed by atoms with Gasteiger partial charge in [0.2, 0.25) is 0 Å². The summed E-state index contributed by atoms with van der Waals surface area (Å²) in [5.74, 6) is 0.701. The summed E-state index contributed by atoms with van der Waals surface area (Å²) in [5, 5.41) is 0. The van der Waals surface area contributed by atoms with Crippen molar-refractivity contribution in [2.45, 2.75) is 19.8 Å². The Kier molecular flexibility index (Phi) is 4.31. The van der Waals surface area contributed by atoms with Gasteiger partial charge in [0.15, 0.2) is 5.78 Å². The van der Waals surface area contributed by atoms with Crippen molar-refractivity contribution in [2.24, 2.45) is 5.92 Å². The Morgan fingerprint density at radius 2 is 2.39 bits per heavy atom. The molecule has 1 unspecified atom stereocenters. The number of ketones is 1. The van der Waals surface area contributed by atoms with Crippen LogP contribution in [0.1, 0.15) is 30.3 Å². The molecule has 0 aliphatic carbocycles. The summed E-state index contributed by atoms with van der Waals surface area (Å²) >= 11 is 0. The van der Waals surface area contributed by atoms with E-state index in [9.17, 15) is 4.79 Å². The first-order chi connectivity index (χ1) is 8.74. The second-order valence-electron chi connectivity index (χ2n) is 4.73. The Labute approximate surface area is 108 Å². The molecule has 0 N–H and O–H groups in total. The molecule has 0 saturated carbocycles. The fraction of sp³-hybridized carbons (Fsp3) is 0.571. The van der Waals surface area contributed by atoms with E-state index in [1.807, 2.05) is 19.1 Å². The van der Waals surface area contributed by atoms with E-state index in [1.54, 1.807) is 13.3 Å². The summed E-state index contributed by atoms with van der Waals surface area (Å²) in [6, 6.07) is 3.82. The van der Waals surface area contributed by atoms with Gasteiger partial charge in [0, 0.05) is 32.5 Å². The molecule has 18 heavy (non-hydrogen) atoms. The summed E-state index contributed by atoms with van der Waals surface area (Å²) in [4.78, 5) is 18.0. The summed E-state index contributed by atoms with van der Waals surface area (Å²) in [6.07, 6.45) is 3.47. The number of hydrogen-bond donors (Lipinski definition) is 0. The van der Waals surface area contributed by atoms with Crippen LogP contribution >= 0.6 is 0 Å². The number of Topliss-reactive ketones (excluding diaryl/α,β-unsaturated/α-hetero) is 1. The molecule has 98 valence electrons. The van der Waals surface area contributed by atoms with Crippen molar-refractivity contribution in [3.05, 3.63) is 24.0 Å². The van der Waals surface area contributed by atoms with Crippen LogP contribution in [0.15, 0.2) is 18.3 Å². The Bertz CT molecular complexity index is 403. The molecule has 1 fully saturated rings. The number of pyridine rings is 1. The molecule has 1 aromatic rings. The topological polar surface area (TPSA) is 42.4 Å². The number of methoxy groups -OCH3 is 1. The zero-order valence-electron chi connectivity index (χ0n) is 11.1. The third-order valence-corrected chi connectivity index (χ3v) is 3.41. The maximum Gasteiger partial charge on any atom is 0.180 e. The van der Waals surface area contributed by atoms with Crippen LogP contribution in [0.4, 0.5) is 5.69 Å². The summed E-state index contributed by atoms with van der Waals surface area (Å²) in [6.45, 7) is 4.72. The Balaban J connectivity index is 2.00. The average Bonchev–Trinajstić information content (AvgIpc) is 2.87. The minimum Gasteiger partial charge on any atom is -0.384 e. The standard InChI is InChI=1S/C14H20N2O2/c1-3-14(17)13-5-4-12(8-15-13)16-7-6-11(9-16)10-18-2/h4-5,8,11H,3,6-7,9-10H2,1-2H3. The van der Waals surface area contributed by atoms with Gasteiger partial charge < -0.3 is 9.64 Å². The lowest BCUT2D eigenvalue weighted by Crippen LogP contribution is -2.21. The lowest BCUT2D eigenvalue weighted by Gasteiger charge is -2.18. The fourth-order valence-corrected chi connectivity index (χ4v) is 2.36. The lowest BCUT2D eigenvalue weighted by atomic mass is 10.1. The molecule has 4 heteroatoms. The number of anilines is 1. The van der Waals surface area contributed by atoms with Gasteiger partial charge in [-0.3, -0.25) is 9.78 Å². The zero-order chi connectivity index (χ0) is 13.0. The molecule has 0 spiro atoms. The largest absolute Gasteiger partial charge is 0.384 e. The van der Waals surface area contributed by atoms with Gasteiger partial charge in [-0.1, -0.05) is 6.92 Å². The lowest BCUT2D eigenvalue weighted by molar-refractivity contribution is 0.0983. The van der Waals surface area contributed by atoms with Gasteiger partial charge >= 0.3 is 0 Å². The SMILES string of the molecule is CCC(=O)c1ccc(N2CCC(COC)C2)cn1. The fourth-order valence-electron chi connectivity index (χ4n) is 2.36. The van der Waals surface area contributed by atoms with Gasteiger partial charge in [0.05, 0.1) is 18.5 Å². The van der Waals surface area contributed by atoms with Crippen LogP contribution in [0.25, 0.3) is 0 Å². The van der Waals surface area contributed by atoms with Gasteiger partial charge in [0.25, 0.3) is 0 Å². The number of ether oxygens (including phenoxy) is 1. The van der Waals surface area contributed by atoms with Gasteiger partial charge in [-0.25, -0.2) is 0 Å². The van der Waals surface area contributed by atoms with E-state index in [2.05, 4.69) is 9.88 Å². The highest BCUT2D eigenvalue weighted by atomic mass is 16.5. The molecule has 1 aliphatic rings. The third kappa shape index (κ3) is 2.88. The first-order valence-electron chi connectivity index (χ1n) is 6.47. The van der Waals surface area contributed by atoms with Crippen LogP contribution in [0, 0.1) is 5.92 Å². The van der Waals surface area contributed by atoms with Crippen molar-refractivity contribution < 1.29 is 9.53 Å². The predicted octanol–water partition coefficient (Wildman–Crippen LogP) is 2.15. The number of aromatic nitrogens is 1. The van der Waals surface area contributed by atoms with E-state index < -0.39 is 0 Å². The third-order valence-electron chi connectivity index (χ3n) is 3.41. The number of hydrogen-bond acceptors (Lipinski definition) is 4. The Hall–Kier alpha value is -1.42. The molecule has 4 nitrogen and oxygen atoms in total. The van der Waals surface area contributed by atoms with Gasteiger partial charge in [-0.05, 0) is 18.6 Å². The molecule has 2 heterocycles. The Morgan fingerprint density at radius 3 is 3.00 bits per heavy atom. The molecular weight excluding hydrogens is 228 g/mol. The van der Waals surface area contributed by atoms with Crippen LogP contribution in [0.5, 0.6) is 0 Å². The number of carbonyl (C=O) groups excluding carboxylic acids is 1. The minimum absolute atomic E-state index is 0.0974. The van der Waals surface area contributed by atoms with Gasteiger partial charge in [-0.15, -0.1) is 0 Å². The van der Waals surface area contributed by atoms with Crippen molar-refractivity contribution in [2.75, 3.05) is 31.7 Å². The van der Waals surface area contributed by atoms with Crippen molar-refractivity contribution in [3.63, 3.8) is 0 Å². The molecule has 1 aliphatic heterocycles. The van der Waals surface area contributed by atoms with E-state index in [1.165, 1.54) is 0 Å². The van der Waals surface area contributed by atoms with Crippen molar-refractivity contribution in [1.29, 1.82) is 0 Å². The van der Waals surface area contributed by atoms with E-state index in [0.29, 0.717) is 18.0 Å². The number of rotatable bonds is 5. The first kappa shape index (κ1) is 13.0. The number of nitrogens with zero attached hydrogens (tertiary/aromatic N) is 2. The van der Waals surface area contributed by atoms with E-state index in [-0.39, 0.29) is 5.78 Å². The van der Waals surface area contributed by atoms with Crippen LogP contribution in [0.2, 0.25) is 0 Å². The summed E-state index contributed by atoms with van der Waals surface area (Å²) in [7, 11) is 1.75. The maximum absolute atomic E-state index is 11.5. The molecule has 2 rings (SSSR count). The van der Waals surface area contributed by atoms with Gasteiger partial charge in [0.1, 0.15) is 5.69 Å². The average molecular weight is 248 g/mol. The quantitative estimate of drug-likeness (QED) is 0.749. The van der Waals surface area contributed by atoms with Crippen molar-refractivity contribution in [1.82, 2.24) is 4.98 Å². The highest BCUT2D eigenvalue weighted by molar-refractivity contribution is 5.94. The van der Waals surface area contributed by atoms with Crippen molar-refractivity contribution >= 4 is 11.5 Å². The molecule has 1 atom stereocenters. The van der Waals surface area contributed by atoms with Crippen LogP contribution in [-0.2, 0) is 4.74 Å². The molecular formula is C14H20N2O2. The molecule has 1 aromatic heterocycles. The smallest absolute Gasteiger partial charge is 0.180 e. The summed E-state index contributed by atoms with van der Waals surface area (Å²) in [5.41, 5.74) is 1.66. The van der Waals surface area contributed by atoms with Crippen LogP contribution in [0.3, 0.4) is 0 Å². The minimum atomic E-state index is 0.0974. The second kappa shape index (κ2) is 5.96. The molecule has 0 aromatic carbocycles. The molecule has 1 saturated heterocycles. The van der Waals surface area contributed by atoms with Crippen LogP contribution in [-0.4, -0.2) is 37.6 Å². The highest BCUT2D eigenvalue weighted by Gasteiger charge is 2.22. The normalized spacial score (nSPS) is 19.2. The van der Waals surface area contributed by atoms with Gasteiger partial charge in [-0.2, -0.15) is 0 Å². The zero-order valence-corrected chi connectivity index (χ0v) is 11.1.